The molecule has 2 atom stereocenters. The van der Waals surface area contributed by atoms with Crippen LogP contribution in [0, 0.1) is 0 Å². The molecule has 0 bridgehead atoms. The van der Waals surface area contributed by atoms with Gasteiger partial charge in [-0.3, -0.25) is 14.6 Å². The van der Waals surface area contributed by atoms with Crippen LogP contribution in [0.2, 0.25) is 0 Å². The summed E-state index contributed by atoms with van der Waals surface area (Å²) in [6.45, 7) is 3.13. The van der Waals surface area contributed by atoms with Crippen molar-refractivity contribution in [2.75, 3.05) is 53.4 Å². The molecular weight excluding hydrogens is 392 g/mol. The van der Waals surface area contributed by atoms with Gasteiger partial charge in [0.1, 0.15) is 0 Å². The highest BCUT2D eigenvalue weighted by Crippen LogP contribution is 2.42. The molecule has 31 heavy (non-hydrogen) atoms. The summed E-state index contributed by atoms with van der Waals surface area (Å²) in [5.41, 5.74) is 0.770. The number of hydrogen-bond acceptors (Lipinski definition) is 5. The van der Waals surface area contributed by atoms with Crippen LogP contribution in [0.5, 0.6) is 0 Å². The number of aromatic nitrogens is 1. The van der Waals surface area contributed by atoms with Gasteiger partial charge in [-0.2, -0.15) is 0 Å². The molecular formula is C24H30N4O3. The second kappa shape index (κ2) is 9.16. The molecule has 2 fully saturated rings. The van der Waals surface area contributed by atoms with Crippen LogP contribution >= 0.6 is 0 Å². The maximum absolute atomic E-state index is 13.6. The molecule has 3 heterocycles. The van der Waals surface area contributed by atoms with E-state index in [1.54, 1.807) is 11.1 Å². The molecule has 1 aromatic carbocycles. The number of ether oxygens (including phenoxy) is 1. The molecule has 0 unspecified atom stereocenters. The largest absolute Gasteiger partial charge is 0.361 e. The summed E-state index contributed by atoms with van der Waals surface area (Å²) in [6, 6.07) is 15.6. The van der Waals surface area contributed by atoms with E-state index >= 15 is 0 Å². The molecule has 2 aliphatic rings. The van der Waals surface area contributed by atoms with Crippen LogP contribution < -0.4 is 0 Å². The Morgan fingerprint density at radius 3 is 2.68 bits per heavy atom. The molecule has 2 aliphatic heterocycles. The van der Waals surface area contributed by atoms with Crippen molar-refractivity contribution in [3.05, 3.63) is 66.0 Å². The van der Waals surface area contributed by atoms with Gasteiger partial charge in [0.2, 0.25) is 5.91 Å². The first-order chi connectivity index (χ1) is 15.0. The smallest absolute Gasteiger partial charge is 0.257 e. The topological polar surface area (TPSA) is 66.0 Å². The predicted octanol–water partition coefficient (Wildman–Crippen LogP) is 1.41. The van der Waals surface area contributed by atoms with Crippen molar-refractivity contribution in [2.24, 2.45) is 0 Å². The second-order valence-electron chi connectivity index (χ2n) is 8.57. The van der Waals surface area contributed by atoms with Gasteiger partial charge in [-0.1, -0.05) is 36.4 Å². The number of nitrogens with zero attached hydrogens (tertiary/aromatic N) is 4. The fourth-order valence-electron chi connectivity index (χ4n) is 4.51. The maximum atomic E-state index is 13.6. The number of likely N-dealkylation sites (tertiary alicyclic amines) is 1. The van der Waals surface area contributed by atoms with Gasteiger partial charge in [0.05, 0.1) is 19.6 Å². The number of carbonyl (C=O) groups excluding carboxylic acids is 2. The Kier molecular flexibility index (Phi) is 6.34. The highest BCUT2D eigenvalue weighted by molar-refractivity contribution is 5.91. The minimum atomic E-state index is -1.04. The molecule has 0 aliphatic carbocycles. The molecule has 0 saturated carbocycles. The van der Waals surface area contributed by atoms with E-state index in [2.05, 4.69) is 9.88 Å². The van der Waals surface area contributed by atoms with Crippen LogP contribution in [0.4, 0.5) is 0 Å². The van der Waals surface area contributed by atoms with Crippen LogP contribution in [0.15, 0.2) is 54.7 Å². The van der Waals surface area contributed by atoms with Crippen LogP contribution in [0.3, 0.4) is 0 Å². The fraction of sp³-hybridized carbons (Fsp3) is 0.458. The van der Waals surface area contributed by atoms with Crippen molar-refractivity contribution in [3.8, 4) is 0 Å². The SMILES string of the molecule is CN(C)CCN1C[C@H](c2ccccc2)[C@@]2(CN(C(=O)Cc3ccccn3)CCO2)C1=O. The fourth-order valence-corrected chi connectivity index (χ4v) is 4.51. The summed E-state index contributed by atoms with van der Waals surface area (Å²) in [6.07, 6.45) is 1.92. The van der Waals surface area contributed by atoms with Crippen molar-refractivity contribution >= 4 is 11.8 Å². The van der Waals surface area contributed by atoms with E-state index in [-0.39, 0.29) is 30.7 Å². The summed E-state index contributed by atoms with van der Waals surface area (Å²) in [5.74, 6) is -0.153. The molecule has 4 rings (SSSR count). The van der Waals surface area contributed by atoms with E-state index < -0.39 is 5.60 Å². The number of carbonyl (C=O) groups is 2. The zero-order valence-corrected chi connectivity index (χ0v) is 18.2. The molecule has 2 aromatic rings. The van der Waals surface area contributed by atoms with Gasteiger partial charge in [0.15, 0.2) is 5.60 Å². The number of rotatable bonds is 6. The normalized spacial score (nSPS) is 23.7. The first-order valence-corrected chi connectivity index (χ1v) is 10.8. The molecule has 1 aromatic heterocycles. The van der Waals surface area contributed by atoms with Gasteiger partial charge in [-0.25, -0.2) is 0 Å². The van der Waals surface area contributed by atoms with Crippen LogP contribution in [0.1, 0.15) is 17.2 Å². The average Bonchev–Trinajstić information content (AvgIpc) is 3.05. The standard InChI is InChI=1S/C24H30N4O3/c1-26(2)12-13-27-17-21(19-8-4-3-5-9-19)24(23(27)30)18-28(14-15-31-24)22(29)16-20-10-6-7-11-25-20/h3-11,21H,12-18H2,1-2H3/t21-,24+/m1/s1. The highest BCUT2D eigenvalue weighted by Gasteiger charge is 2.58. The molecule has 7 nitrogen and oxygen atoms in total. The Morgan fingerprint density at radius 1 is 1.19 bits per heavy atom. The van der Waals surface area contributed by atoms with Gasteiger partial charge >= 0.3 is 0 Å². The second-order valence-corrected chi connectivity index (χ2v) is 8.57. The van der Waals surface area contributed by atoms with E-state index in [0.29, 0.717) is 26.2 Å². The monoisotopic (exact) mass is 422 g/mol. The first kappa shape index (κ1) is 21.5. The van der Waals surface area contributed by atoms with Crippen LogP contribution in [-0.2, 0) is 20.7 Å². The van der Waals surface area contributed by atoms with Crippen LogP contribution in [0.25, 0.3) is 0 Å². The van der Waals surface area contributed by atoms with Crippen molar-refractivity contribution in [1.29, 1.82) is 0 Å². The Bertz CT molecular complexity index is 906. The minimum Gasteiger partial charge on any atom is -0.361 e. The van der Waals surface area contributed by atoms with E-state index in [0.717, 1.165) is 17.8 Å². The van der Waals surface area contributed by atoms with Crippen LogP contribution in [-0.4, -0.2) is 90.5 Å². The molecule has 164 valence electrons. The van der Waals surface area contributed by atoms with Crippen molar-refractivity contribution in [3.63, 3.8) is 0 Å². The van der Waals surface area contributed by atoms with Gasteiger partial charge < -0.3 is 19.4 Å². The quantitative estimate of drug-likeness (QED) is 0.704. The number of likely N-dealkylation sites (N-methyl/N-ethyl adjacent to an activating group) is 1. The van der Waals surface area contributed by atoms with Crippen molar-refractivity contribution in [1.82, 2.24) is 19.7 Å². The lowest BCUT2D eigenvalue weighted by molar-refractivity contribution is -0.167. The molecule has 0 radical (unpaired) electrons. The maximum Gasteiger partial charge on any atom is 0.257 e. The van der Waals surface area contributed by atoms with E-state index in [4.69, 9.17) is 4.74 Å². The summed E-state index contributed by atoms with van der Waals surface area (Å²) in [5, 5.41) is 0. The third-order valence-corrected chi connectivity index (χ3v) is 6.19. The van der Waals surface area contributed by atoms with Gasteiger partial charge in [-0.05, 0) is 31.8 Å². The van der Waals surface area contributed by atoms with Crippen molar-refractivity contribution in [2.45, 2.75) is 17.9 Å². The average molecular weight is 423 g/mol. The summed E-state index contributed by atoms with van der Waals surface area (Å²) in [7, 11) is 4.00. The molecule has 2 saturated heterocycles. The molecule has 1 spiro atoms. The number of benzene rings is 1. The number of amides is 2. The predicted molar refractivity (Wildman–Crippen MR) is 118 cm³/mol. The van der Waals surface area contributed by atoms with Gasteiger partial charge in [-0.15, -0.1) is 0 Å². The Hall–Kier alpha value is -2.77. The Labute approximate surface area is 183 Å². The summed E-state index contributed by atoms with van der Waals surface area (Å²) >= 11 is 0. The van der Waals surface area contributed by atoms with Gasteiger partial charge in [0, 0.05) is 44.0 Å². The minimum absolute atomic E-state index is 0.0152. The van der Waals surface area contributed by atoms with E-state index in [1.165, 1.54) is 0 Å². The third-order valence-electron chi connectivity index (χ3n) is 6.19. The lowest BCUT2D eigenvalue weighted by Crippen LogP contribution is -2.59. The Morgan fingerprint density at radius 2 is 1.97 bits per heavy atom. The van der Waals surface area contributed by atoms with Gasteiger partial charge in [0.25, 0.3) is 5.91 Å². The zero-order chi connectivity index (χ0) is 21.8. The van der Waals surface area contributed by atoms with Crippen molar-refractivity contribution < 1.29 is 14.3 Å². The number of hydrogen-bond donors (Lipinski definition) is 0. The highest BCUT2D eigenvalue weighted by atomic mass is 16.5. The lowest BCUT2D eigenvalue weighted by Gasteiger charge is -2.42. The summed E-state index contributed by atoms with van der Waals surface area (Å²) in [4.78, 5) is 36.7. The molecule has 2 amide bonds. The Balaban J connectivity index is 1.59. The lowest BCUT2D eigenvalue weighted by atomic mass is 9.83. The third kappa shape index (κ3) is 4.48. The zero-order valence-electron chi connectivity index (χ0n) is 18.2. The summed E-state index contributed by atoms with van der Waals surface area (Å²) < 4.78 is 6.26. The first-order valence-electron chi connectivity index (χ1n) is 10.8. The van der Waals surface area contributed by atoms with E-state index in [1.807, 2.05) is 67.5 Å². The molecule has 7 heteroatoms. The van der Waals surface area contributed by atoms with E-state index in [9.17, 15) is 9.59 Å². The number of pyridine rings is 1. The molecule has 0 N–H and O–H groups in total. The number of morpholine rings is 1.